The van der Waals surface area contributed by atoms with Gasteiger partial charge < -0.3 is 10.1 Å². The topological polar surface area (TPSA) is 54.5 Å². The Morgan fingerprint density at radius 1 is 1.12 bits per heavy atom. The van der Waals surface area contributed by atoms with Gasteiger partial charge in [-0.05, 0) is 43.7 Å². The van der Waals surface area contributed by atoms with Gasteiger partial charge in [0.2, 0.25) is 0 Å². The molecule has 1 aliphatic rings. The van der Waals surface area contributed by atoms with E-state index in [1.807, 2.05) is 42.5 Å². The summed E-state index contributed by atoms with van der Waals surface area (Å²) in [7, 11) is 0. The number of amides is 1. The number of morpholine rings is 1. The average molecular weight is 372 g/mol. The quantitative estimate of drug-likeness (QED) is 0.723. The number of hydrogen-bond acceptors (Lipinski definition) is 5. The van der Waals surface area contributed by atoms with E-state index >= 15 is 0 Å². The third-order valence-corrected chi connectivity index (χ3v) is 5.29. The number of unbranched alkanes of at least 4 members (excludes halogenated alkanes) is 1. The van der Waals surface area contributed by atoms with Crippen molar-refractivity contribution < 1.29 is 9.53 Å². The zero-order valence-corrected chi connectivity index (χ0v) is 15.7. The zero-order chi connectivity index (χ0) is 18.0. The minimum atomic E-state index is -0.0529. The van der Waals surface area contributed by atoms with Gasteiger partial charge in [0.15, 0.2) is 0 Å². The lowest BCUT2D eigenvalue weighted by Crippen LogP contribution is -2.37. The van der Waals surface area contributed by atoms with Crippen LogP contribution in [0.15, 0.2) is 58.6 Å². The van der Waals surface area contributed by atoms with Gasteiger partial charge in [0.1, 0.15) is 5.03 Å². The largest absolute Gasteiger partial charge is 0.379 e. The molecule has 3 rings (SSSR count). The number of benzene rings is 1. The summed E-state index contributed by atoms with van der Waals surface area (Å²) in [5, 5.41) is 3.77. The first-order valence-electron chi connectivity index (χ1n) is 9.09. The maximum absolute atomic E-state index is 12.5. The SMILES string of the molecule is O=C(NCCCCN1CCOCC1)c1cccnc1Sc1ccccc1. The lowest BCUT2D eigenvalue weighted by molar-refractivity contribution is 0.0372. The Hall–Kier alpha value is -1.89. The molecule has 0 radical (unpaired) electrons. The van der Waals surface area contributed by atoms with E-state index in [2.05, 4.69) is 15.2 Å². The van der Waals surface area contributed by atoms with Gasteiger partial charge in [-0.3, -0.25) is 9.69 Å². The Morgan fingerprint density at radius 3 is 2.73 bits per heavy atom. The third kappa shape index (κ3) is 5.83. The fraction of sp³-hybridized carbons (Fsp3) is 0.400. The van der Waals surface area contributed by atoms with Gasteiger partial charge in [-0.2, -0.15) is 0 Å². The molecule has 0 spiro atoms. The van der Waals surface area contributed by atoms with Gasteiger partial charge >= 0.3 is 0 Å². The van der Waals surface area contributed by atoms with Crippen LogP contribution in [0, 0.1) is 0 Å². The van der Waals surface area contributed by atoms with Crippen LogP contribution in [-0.2, 0) is 4.74 Å². The molecule has 138 valence electrons. The van der Waals surface area contributed by atoms with Crippen molar-refractivity contribution in [3.63, 3.8) is 0 Å². The predicted octanol–water partition coefficient (Wildman–Crippen LogP) is 3.08. The van der Waals surface area contributed by atoms with Gasteiger partial charge in [-0.25, -0.2) is 4.98 Å². The van der Waals surface area contributed by atoms with Crippen LogP contribution in [0.1, 0.15) is 23.2 Å². The summed E-state index contributed by atoms with van der Waals surface area (Å²) in [4.78, 5) is 20.4. The second kappa shape index (κ2) is 10.3. The number of carbonyl (C=O) groups is 1. The van der Waals surface area contributed by atoms with Crippen molar-refractivity contribution in [1.29, 1.82) is 0 Å². The van der Waals surface area contributed by atoms with Crippen LogP contribution in [0.4, 0.5) is 0 Å². The Balaban J connectivity index is 1.45. The third-order valence-electron chi connectivity index (χ3n) is 4.26. The Morgan fingerprint density at radius 2 is 1.92 bits per heavy atom. The van der Waals surface area contributed by atoms with Gasteiger partial charge in [-0.1, -0.05) is 30.0 Å². The van der Waals surface area contributed by atoms with Crippen LogP contribution in [-0.4, -0.2) is 55.2 Å². The maximum atomic E-state index is 12.5. The lowest BCUT2D eigenvalue weighted by atomic mass is 10.2. The minimum absolute atomic E-state index is 0.0529. The van der Waals surface area contributed by atoms with E-state index in [4.69, 9.17) is 4.74 Å². The molecular weight excluding hydrogens is 346 g/mol. The molecule has 0 atom stereocenters. The molecule has 1 fully saturated rings. The Labute approximate surface area is 159 Å². The molecule has 0 bridgehead atoms. The fourth-order valence-corrected chi connectivity index (χ4v) is 3.73. The van der Waals surface area contributed by atoms with E-state index in [0.29, 0.717) is 12.1 Å². The van der Waals surface area contributed by atoms with Crippen LogP contribution < -0.4 is 5.32 Å². The summed E-state index contributed by atoms with van der Waals surface area (Å²) in [6.45, 7) is 5.46. The van der Waals surface area contributed by atoms with E-state index in [0.717, 1.165) is 55.6 Å². The molecular formula is C20H25N3O2S. The molecule has 0 aliphatic carbocycles. The monoisotopic (exact) mass is 371 g/mol. The number of nitrogens with one attached hydrogen (secondary N) is 1. The highest BCUT2D eigenvalue weighted by atomic mass is 32.2. The van der Waals surface area contributed by atoms with Crippen molar-refractivity contribution >= 4 is 17.7 Å². The summed E-state index contributed by atoms with van der Waals surface area (Å²) in [6, 6.07) is 13.6. The molecule has 2 heterocycles. The summed E-state index contributed by atoms with van der Waals surface area (Å²) < 4.78 is 5.35. The van der Waals surface area contributed by atoms with Crippen LogP contribution in [0.25, 0.3) is 0 Å². The number of carbonyl (C=O) groups excluding carboxylic acids is 1. The van der Waals surface area contributed by atoms with E-state index < -0.39 is 0 Å². The Bertz CT molecular complexity index is 690. The van der Waals surface area contributed by atoms with E-state index in [9.17, 15) is 4.79 Å². The first-order valence-corrected chi connectivity index (χ1v) is 9.91. The molecule has 1 N–H and O–H groups in total. The molecule has 1 saturated heterocycles. The molecule has 0 saturated carbocycles. The van der Waals surface area contributed by atoms with E-state index in [1.165, 1.54) is 11.8 Å². The first kappa shape index (κ1) is 18.9. The number of hydrogen-bond donors (Lipinski definition) is 1. The molecule has 1 aromatic carbocycles. The van der Waals surface area contributed by atoms with Crippen molar-refractivity contribution in [1.82, 2.24) is 15.2 Å². The average Bonchev–Trinajstić information content (AvgIpc) is 2.69. The van der Waals surface area contributed by atoms with E-state index in [1.54, 1.807) is 6.20 Å². The number of rotatable bonds is 8. The fourth-order valence-electron chi connectivity index (χ4n) is 2.83. The van der Waals surface area contributed by atoms with Crippen LogP contribution in [0.2, 0.25) is 0 Å². The van der Waals surface area contributed by atoms with Gasteiger partial charge in [0.05, 0.1) is 18.8 Å². The second-order valence-electron chi connectivity index (χ2n) is 6.19. The molecule has 6 heteroatoms. The molecule has 0 unspecified atom stereocenters. The van der Waals surface area contributed by atoms with Gasteiger partial charge in [0.25, 0.3) is 5.91 Å². The van der Waals surface area contributed by atoms with Crippen LogP contribution >= 0.6 is 11.8 Å². The standard InChI is InChI=1S/C20H25N3O2S/c24-19(21-10-4-5-12-23-13-15-25-16-14-23)18-9-6-11-22-20(18)26-17-7-2-1-3-8-17/h1-3,6-9,11H,4-5,10,12-16H2,(H,21,24). The molecule has 1 amide bonds. The van der Waals surface area contributed by atoms with Gasteiger partial charge in [0, 0.05) is 30.7 Å². The molecule has 1 aliphatic heterocycles. The summed E-state index contributed by atoms with van der Waals surface area (Å²) in [5.41, 5.74) is 0.634. The van der Waals surface area contributed by atoms with Gasteiger partial charge in [-0.15, -0.1) is 0 Å². The van der Waals surface area contributed by atoms with Crippen LogP contribution in [0.3, 0.4) is 0 Å². The number of pyridine rings is 1. The molecule has 26 heavy (non-hydrogen) atoms. The highest BCUT2D eigenvalue weighted by Gasteiger charge is 2.13. The zero-order valence-electron chi connectivity index (χ0n) is 14.9. The normalized spacial score (nSPS) is 14.9. The maximum Gasteiger partial charge on any atom is 0.254 e. The highest BCUT2D eigenvalue weighted by molar-refractivity contribution is 7.99. The molecule has 5 nitrogen and oxygen atoms in total. The minimum Gasteiger partial charge on any atom is -0.379 e. The Kier molecular flexibility index (Phi) is 7.49. The molecule has 1 aromatic heterocycles. The summed E-state index contributed by atoms with van der Waals surface area (Å²) >= 11 is 1.51. The summed E-state index contributed by atoms with van der Waals surface area (Å²) in [5.74, 6) is -0.0529. The predicted molar refractivity (Wildman–Crippen MR) is 104 cm³/mol. The second-order valence-corrected chi connectivity index (χ2v) is 7.25. The molecule has 2 aromatic rings. The van der Waals surface area contributed by atoms with Crippen molar-refractivity contribution in [3.8, 4) is 0 Å². The number of nitrogens with zero attached hydrogens (tertiary/aromatic N) is 2. The van der Waals surface area contributed by atoms with Crippen molar-refractivity contribution in [2.24, 2.45) is 0 Å². The van der Waals surface area contributed by atoms with Crippen molar-refractivity contribution in [2.75, 3.05) is 39.4 Å². The number of aromatic nitrogens is 1. The lowest BCUT2D eigenvalue weighted by Gasteiger charge is -2.26. The van der Waals surface area contributed by atoms with Crippen LogP contribution in [0.5, 0.6) is 0 Å². The highest BCUT2D eigenvalue weighted by Crippen LogP contribution is 2.28. The first-order chi connectivity index (χ1) is 12.8. The summed E-state index contributed by atoms with van der Waals surface area (Å²) in [6.07, 6.45) is 3.79. The van der Waals surface area contributed by atoms with Crippen molar-refractivity contribution in [2.45, 2.75) is 22.8 Å². The smallest absolute Gasteiger partial charge is 0.254 e. The number of ether oxygens (including phenoxy) is 1. The van der Waals surface area contributed by atoms with Crippen molar-refractivity contribution in [3.05, 3.63) is 54.2 Å². The van der Waals surface area contributed by atoms with E-state index in [-0.39, 0.29) is 5.91 Å².